The molecule has 4 heteroatoms. The highest BCUT2D eigenvalue weighted by molar-refractivity contribution is 5.90. The van der Waals surface area contributed by atoms with Crippen LogP contribution < -0.4 is 0 Å². The van der Waals surface area contributed by atoms with Crippen molar-refractivity contribution in [1.29, 1.82) is 0 Å². The van der Waals surface area contributed by atoms with Gasteiger partial charge >= 0.3 is 11.9 Å². The smallest absolute Gasteiger partial charge is 0.331 e. The second kappa shape index (κ2) is 7.80. The summed E-state index contributed by atoms with van der Waals surface area (Å²) < 4.78 is 5.85. The average molecular weight is 308 g/mol. The zero-order chi connectivity index (χ0) is 16.0. The lowest BCUT2D eigenvalue weighted by molar-refractivity contribution is -0.168. The minimum Gasteiger partial charge on any atom is -0.478 e. The number of carboxylic acid groups (broad SMARTS) is 1. The topological polar surface area (TPSA) is 63.6 Å². The van der Waals surface area contributed by atoms with Crippen molar-refractivity contribution in [3.63, 3.8) is 0 Å². The Balaban J connectivity index is 2.04. The van der Waals surface area contributed by atoms with E-state index in [0.29, 0.717) is 5.92 Å². The first-order valence-electron chi connectivity index (χ1n) is 8.69. The molecule has 2 aliphatic rings. The molecule has 0 spiro atoms. The molecule has 0 aromatic carbocycles. The summed E-state index contributed by atoms with van der Waals surface area (Å²) in [6.07, 6.45) is 13.1. The molecule has 0 aromatic heterocycles. The molecule has 0 atom stereocenters. The fourth-order valence-corrected chi connectivity index (χ4v) is 4.21. The normalized spacial score (nSPS) is 28.4. The van der Waals surface area contributed by atoms with E-state index in [2.05, 4.69) is 6.92 Å². The van der Waals surface area contributed by atoms with Gasteiger partial charge in [-0.25, -0.2) is 9.59 Å². The number of carbonyl (C=O) groups excluding carboxylic acids is 1. The Hall–Kier alpha value is -1.32. The molecule has 0 aromatic rings. The number of esters is 1. The predicted molar refractivity (Wildman–Crippen MR) is 84.4 cm³/mol. The number of hydrogen-bond acceptors (Lipinski definition) is 3. The highest BCUT2D eigenvalue weighted by Gasteiger charge is 2.44. The summed E-state index contributed by atoms with van der Waals surface area (Å²) in [5.41, 5.74) is -0.350. The molecule has 2 saturated carbocycles. The molecule has 124 valence electrons. The summed E-state index contributed by atoms with van der Waals surface area (Å²) in [4.78, 5) is 22.6. The minimum absolute atomic E-state index is 0.350. The third-order valence-electron chi connectivity index (χ3n) is 5.53. The third-order valence-corrected chi connectivity index (χ3v) is 5.53. The number of carboxylic acids is 1. The maximum Gasteiger partial charge on any atom is 0.331 e. The Bertz CT molecular complexity index is 413. The van der Waals surface area contributed by atoms with Gasteiger partial charge in [0.2, 0.25) is 0 Å². The molecular formula is C18H28O4. The van der Waals surface area contributed by atoms with Gasteiger partial charge in [0.05, 0.1) is 0 Å². The molecule has 0 radical (unpaired) electrons. The van der Waals surface area contributed by atoms with Crippen LogP contribution in [0.15, 0.2) is 12.2 Å². The van der Waals surface area contributed by atoms with Crippen LogP contribution in [0.5, 0.6) is 0 Å². The van der Waals surface area contributed by atoms with Gasteiger partial charge in [-0.2, -0.15) is 0 Å². The number of hydrogen-bond donors (Lipinski definition) is 1. The van der Waals surface area contributed by atoms with Crippen LogP contribution in [0, 0.1) is 11.8 Å². The van der Waals surface area contributed by atoms with Gasteiger partial charge in [0, 0.05) is 12.2 Å². The van der Waals surface area contributed by atoms with Gasteiger partial charge in [-0.1, -0.05) is 32.6 Å². The Morgan fingerprint density at radius 3 is 2.27 bits per heavy atom. The molecule has 2 fully saturated rings. The molecular weight excluding hydrogens is 280 g/mol. The van der Waals surface area contributed by atoms with Crippen LogP contribution in [-0.2, 0) is 14.3 Å². The van der Waals surface area contributed by atoms with Crippen molar-refractivity contribution in [1.82, 2.24) is 0 Å². The first-order chi connectivity index (χ1) is 10.6. The summed E-state index contributed by atoms with van der Waals surface area (Å²) in [6.45, 7) is 2.25. The Kier molecular flexibility index (Phi) is 6.04. The van der Waals surface area contributed by atoms with Crippen LogP contribution in [0.4, 0.5) is 0 Å². The van der Waals surface area contributed by atoms with E-state index in [1.807, 2.05) is 0 Å². The molecule has 2 rings (SSSR count). The molecule has 2 aliphatic carbocycles. The van der Waals surface area contributed by atoms with Crippen molar-refractivity contribution < 1.29 is 19.4 Å². The first kappa shape index (κ1) is 17.0. The van der Waals surface area contributed by atoms with E-state index in [9.17, 15) is 9.59 Å². The van der Waals surface area contributed by atoms with Crippen LogP contribution >= 0.6 is 0 Å². The maximum absolute atomic E-state index is 12.0. The summed E-state index contributed by atoms with van der Waals surface area (Å²) in [5, 5.41) is 8.64. The quantitative estimate of drug-likeness (QED) is 0.613. The highest BCUT2D eigenvalue weighted by Crippen LogP contribution is 2.45. The molecule has 0 unspecified atom stereocenters. The van der Waals surface area contributed by atoms with Gasteiger partial charge in [0.25, 0.3) is 0 Å². The largest absolute Gasteiger partial charge is 0.478 e. The lowest BCUT2D eigenvalue weighted by Gasteiger charge is -2.45. The summed E-state index contributed by atoms with van der Waals surface area (Å²) in [7, 11) is 0. The molecule has 22 heavy (non-hydrogen) atoms. The fraction of sp³-hybridized carbons (Fsp3) is 0.778. The van der Waals surface area contributed by atoms with E-state index in [-0.39, 0.29) is 5.60 Å². The van der Waals surface area contributed by atoms with Crippen molar-refractivity contribution in [2.75, 3.05) is 0 Å². The van der Waals surface area contributed by atoms with Crippen molar-refractivity contribution in [3.05, 3.63) is 12.2 Å². The molecule has 0 saturated heterocycles. The molecule has 4 nitrogen and oxygen atoms in total. The number of carbonyl (C=O) groups is 2. The zero-order valence-corrected chi connectivity index (χ0v) is 13.6. The van der Waals surface area contributed by atoms with Gasteiger partial charge < -0.3 is 9.84 Å². The van der Waals surface area contributed by atoms with E-state index in [0.717, 1.165) is 56.6 Å². The van der Waals surface area contributed by atoms with Crippen molar-refractivity contribution in [2.24, 2.45) is 11.8 Å². The predicted octanol–water partition coefficient (Wildman–Crippen LogP) is 4.09. The van der Waals surface area contributed by atoms with Crippen LogP contribution in [0.2, 0.25) is 0 Å². The van der Waals surface area contributed by atoms with Crippen molar-refractivity contribution >= 4 is 11.9 Å². The van der Waals surface area contributed by atoms with Gasteiger partial charge in [-0.05, 0) is 50.4 Å². The van der Waals surface area contributed by atoms with E-state index in [1.165, 1.54) is 25.7 Å². The van der Waals surface area contributed by atoms with Gasteiger partial charge in [0.15, 0.2) is 0 Å². The SMILES string of the molecule is CCC1CCC(C2(OC(=O)/C=C/C(=O)O)CCCCC2)CC1. The lowest BCUT2D eigenvalue weighted by Crippen LogP contribution is -2.45. The van der Waals surface area contributed by atoms with Crippen LogP contribution in [-0.4, -0.2) is 22.6 Å². The molecule has 0 heterocycles. The number of ether oxygens (including phenoxy) is 1. The standard InChI is InChI=1S/C18H28O4/c1-2-14-6-8-15(9-7-14)18(12-4-3-5-13-18)22-17(21)11-10-16(19)20/h10-11,14-15H,2-9,12-13H2,1H3,(H,19,20)/b11-10+. The highest BCUT2D eigenvalue weighted by atomic mass is 16.6. The first-order valence-corrected chi connectivity index (χ1v) is 8.69. The van der Waals surface area contributed by atoms with Gasteiger partial charge in [0.1, 0.15) is 5.60 Å². The maximum atomic E-state index is 12.0. The molecule has 1 N–H and O–H groups in total. The van der Waals surface area contributed by atoms with Crippen LogP contribution in [0.25, 0.3) is 0 Å². The van der Waals surface area contributed by atoms with Crippen LogP contribution in [0.3, 0.4) is 0 Å². The second-order valence-electron chi connectivity index (χ2n) is 6.84. The summed E-state index contributed by atoms with van der Waals surface area (Å²) in [5.74, 6) is -0.350. The zero-order valence-electron chi connectivity index (χ0n) is 13.6. The molecule has 0 amide bonds. The van der Waals surface area contributed by atoms with Crippen molar-refractivity contribution in [3.8, 4) is 0 Å². The molecule has 0 bridgehead atoms. The van der Waals surface area contributed by atoms with Gasteiger partial charge in [-0.3, -0.25) is 0 Å². The van der Waals surface area contributed by atoms with Crippen molar-refractivity contribution in [2.45, 2.75) is 76.7 Å². The van der Waals surface area contributed by atoms with E-state index < -0.39 is 11.9 Å². The Morgan fingerprint density at radius 1 is 1.09 bits per heavy atom. The Labute approximate surface area is 132 Å². The molecule has 0 aliphatic heterocycles. The summed E-state index contributed by atoms with van der Waals surface area (Å²) >= 11 is 0. The third kappa shape index (κ3) is 4.34. The van der Waals surface area contributed by atoms with Crippen LogP contribution in [0.1, 0.15) is 71.1 Å². The second-order valence-corrected chi connectivity index (χ2v) is 6.84. The number of rotatable bonds is 5. The fourth-order valence-electron chi connectivity index (χ4n) is 4.21. The number of aliphatic carboxylic acids is 1. The minimum atomic E-state index is -1.11. The van der Waals surface area contributed by atoms with E-state index in [1.54, 1.807) is 0 Å². The Morgan fingerprint density at radius 2 is 1.73 bits per heavy atom. The average Bonchev–Trinajstić information content (AvgIpc) is 2.54. The van der Waals surface area contributed by atoms with E-state index in [4.69, 9.17) is 9.84 Å². The van der Waals surface area contributed by atoms with E-state index >= 15 is 0 Å². The lowest BCUT2D eigenvalue weighted by atomic mass is 9.67. The van der Waals surface area contributed by atoms with Gasteiger partial charge in [-0.15, -0.1) is 0 Å². The summed E-state index contributed by atoms with van der Waals surface area (Å²) in [6, 6.07) is 0. The monoisotopic (exact) mass is 308 g/mol.